The molecule has 4 heterocycles. The number of nitrogens with two attached hydrogens (primary N) is 1. The standard InChI is InChI=1S/C47H46N6O8S2/c1-4-31(5-2)27-58-46(57)60-30(3)59-44(56)40-33(24-23-32-16-15-25-49-26-32)28-62-43-39(42(55)53(40)43)51-41(54)38(37-29-63-45(48)50-37)52-61-47(34-17-9-6-10-18-34,35-19-11-7-12-20-35)36-21-13-8-14-22-36/h6-26,29-31,39,43H,4-5,27-28H2,1-3H3,(H2,48,50)(H,51,54)/b24-23-,52-38?/t30?,39-,43-/m1/s1. The Kier molecular flexibility index (Phi) is 14.3. The Morgan fingerprint density at radius 2 is 1.56 bits per heavy atom. The number of rotatable bonds is 17. The second kappa shape index (κ2) is 20.4. The second-order valence-electron chi connectivity index (χ2n) is 14.6. The third-order valence-electron chi connectivity index (χ3n) is 10.6. The molecule has 0 bridgehead atoms. The molecule has 2 aliphatic rings. The summed E-state index contributed by atoms with van der Waals surface area (Å²) >= 11 is 2.46. The molecule has 1 unspecified atom stereocenters. The molecule has 0 radical (unpaired) electrons. The van der Waals surface area contributed by atoms with Gasteiger partial charge in [-0.2, -0.15) is 0 Å². The van der Waals surface area contributed by atoms with Crippen LogP contribution in [-0.2, 0) is 39.0 Å². The van der Waals surface area contributed by atoms with Crippen molar-refractivity contribution in [1.82, 2.24) is 20.2 Å². The van der Waals surface area contributed by atoms with Gasteiger partial charge in [0.15, 0.2) is 10.8 Å². The van der Waals surface area contributed by atoms with Crippen LogP contribution in [0.4, 0.5) is 9.93 Å². The molecule has 3 aromatic carbocycles. The van der Waals surface area contributed by atoms with Gasteiger partial charge in [0.2, 0.25) is 11.9 Å². The number of benzene rings is 3. The number of pyridine rings is 1. The number of amides is 2. The maximum absolute atomic E-state index is 14.5. The lowest BCUT2D eigenvalue weighted by Crippen LogP contribution is -2.71. The number of oxime groups is 1. The number of anilines is 1. The Bertz CT molecular complexity index is 2380. The van der Waals surface area contributed by atoms with Gasteiger partial charge >= 0.3 is 12.1 Å². The summed E-state index contributed by atoms with van der Waals surface area (Å²) in [7, 11) is 0. The number of nitrogens with one attached hydrogen (secondary N) is 1. The lowest BCUT2D eigenvalue weighted by molar-refractivity contribution is -0.169. The highest BCUT2D eigenvalue weighted by Gasteiger charge is 2.55. The highest BCUT2D eigenvalue weighted by atomic mass is 32.2. The second-order valence-corrected chi connectivity index (χ2v) is 16.6. The van der Waals surface area contributed by atoms with Gasteiger partial charge in [-0.3, -0.25) is 19.5 Å². The van der Waals surface area contributed by atoms with Gasteiger partial charge in [-0.15, -0.1) is 23.1 Å². The SMILES string of the molecule is CCC(CC)COC(=O)OC(C)OC(=O)C1=C(/C=C\c2cccnc2)CS[C@@H]2[C@H](NC(=O)C(=NOC(c3ccccc3)(c3ccccc3)c3ccccc3)c3csc(N)n3)C(=O)N12. The Balaban J connectivity index is 1.17. The topological polar surface area (TPSA) is 185 Å². The number of fused-ring (bicyclic) bond motifs is 1. The fourth-order valence-corrected chi connectivity index (χ4v) is 9.01. The Morgan fingerprint density at radius 1 is 0.921 bits per heavy atom. The molecule has 2 aromatic heterocycles. The maximum Gasteiger partial charge on any atom is 0.511 e. The van der Waals surface area contributed by atoms with Crippen molar-refractivity contribution in [3.8, 4) is 0 Å². The molecule has 14 nitrogen and oxygen atoms in total. The molecular weight excluding hydrogens is 841 g/mol. The minimum Gasteiger partial charge on any atom is -0.434 e. The number of hydrogen-bond donors (Lipinski definition) is 2. The molecule has 324 valence electrons. The maximum atomic E-state index is 14.5. The number of nitrogen functional groups attached to an aromatic ring is 1. The summed E-state index contributed by atoms with van der Waals surface area (Å²) in [6.07, 6.45) is 6.08. The number of esters is 1. The highest BCUT2D eigenvalue weighted by Crippen LogP contribution is 2.43. The molecule has 1 fully saturated rings. The number of ether oxygens (including phenoxy) is 3. The zero-order valence-electron chi connectivity index (χ0n) is 34.8. The average molecular weight is 887 g/mol. The zero-order chi connectivity index (χ0) is 44.3. The van der Waals surface area contributed by atoms with Gasteiger partial charge in [-0.05, 0) is 23.1 Å². The van der Waals surface area contributed by atoms with E-state index in [0.29, 0.717) is 5.57 Å². The molecule has 16 heteroatoms. The molecule has 63 heavy (non-hydrogen) atoms. The number of hydrogen-bond acceptors (Lipinski definition) is 14. The number of β-lactam (4-membered cyclic amide) rings is 1. The van der Waals surface area contributed by atoms with Crippen molar-refractivity contribution >= 4 is 64.0 Å². The van der Waals surface area contributed by atoms with Crippen molar-refractivity contribution in [1.29, 1.82) is 0 Å². The summed E-state index contributed by atoms with van der Waals surface area (Å²) in [5, 5.41) is 8.45. The molecule has 3 atom stereocenters. The summed E-state index contributed by atoms with van der Waals surface area (Å²) < 4.78 is 16.1. The molecule has 2 amide bonds. The van der Waals surface area contributed by atoms with Crippen molar-refractivity contribution in [2.45, 2.75) is 56.9 Å². The first-order valence-corrected chi connectivity index (χ1v) is 22.3. The largest absolute Gasteiger partial charge is 0.511 e. The van der Waals surface area contributed by atoms with Crippen LogP contribution in [0.2, 0.25) is 0 Å². The quantitative estimate of drug-likeness (QED) is 0.0232. The fourth-order valence-electron chi connectivity index (χ4n) is 7.14. The first-order chi connectivity index (χ1) is 30.6. The molecule has 0 saturated carbocycles. The van der Waals surface area contributed by atoms with Crippen LogP contribution in [0.15, 0.2) is 143 Å². The number of carbonyl (C=O) groups is 4. The summed E-state index contributed by atoms with van der Waals surface area (Å²) in [4.78, 5) is 71.5. The normalized spacial score (nSPS) is 16.9. The number of allylic oxidation sites excluding steroid dienone is 1. The molecule has 0 aliphatic carbocycles. The summed E-state index contributed by atoms with van der Waals surface area (Å²) in [6.45, 7) is 5.54. The van der Waals surface area contributed by atoms with Gasteiger partial charge < -0.3 is 30.1 Å². The molecular formula is C47H46N6O8S2. The molecule has 2 aliphatic heterocycles. The number of aromatic nitrogens is 2. The van der Waals surface area contributed by atoms with E-state index >= 15 is 0 Å². The van der Waals surface area contributed by atoms with E-state index in [1.807, 2.05) is 111 Å². The van der Waals surface area contributed by atoms with Gasteiger partial charge in [0.25, 0.3) is 11.8 Å². The fraction of sp³-hybridized carbons (Fsp3) is 0.255. The minimum absolute atomic E-state index is 0.0573. The Labute approximate surface area is 373 Å². The summed E-state index contributed by atoms with van der Waals surface area (Å²) in [6, 6.07) is 31.1. The smallest absolute Gasteiger partial charge is 0.434 e. The third kappa shape index (κ3) is 9.97. The van der Waals surface area contributed by atoms with Crippen LogP contribution in [0.5, 0.6) is 0 Å². The third-order valence-corrected chi connectivity index (χ3v) is 12.5. The number of thioether (sulfide) groups is 1. The van der Waals surface area contributed by atoms with Crippen molar-refractivity contribution < 1.29 is 38.2 Å². The lowest BCUT2D eigenvalue weighted by atomic mass is 9.80. The number of nitrogens with zero attached hydrogens (tertiary/aromatic N) is 4. The van der Waals surface area contributed by atoms with Crippen molar-refractivity contribution in [2.24, 2.45) is 11.1 Å². The van der Waals surface area contributed by atoms with Crippen molar-refractivity contribution in [3.05, 3.63) is 166 Å². The van der Waals surface area contributed by atoms with Crippen molar-refractivity contribution in [3.63, 3.8) is 0 Å². The lowest BCUT2D eigenvalue weighted by Gasteiger charge is -2.49. The van der Waals surface area contributed by atoms with Crippen LogP contribution in [0.3, 0.4) is 0 Å². The molecule has 7 rings (SSSR count). The minimum atomic E-state index is -1.35. The van der Waals surface area contributed by atoms with Gasteiger partial charge in [-0.25, -0.2) is 14.6 Å². The van der Waals surface area contributed by atoms with E-state index in [-0.39, 0.29) is 40.5 Å². The zero-order valence-corrected chi connectivity index (χ0v) is 36.4. The van der Waals surface area contributed by atoms with Crippen LogP contribution in [-0.4, -0.2) is 74.6 Å². The Hall–Kier alpha value is -6.78. The van der Waals surface area contributed by atoms with Gasteiger partial charge in [-0.1, -0.05) is 141 Å². The van der Waals surface area contributed by atoms with E-state index in [1.54, 1.807) is 36.0 Å². The monoisotopic (exact) mass is 886 g/mol. The van der Waals surface area contributed by atoms with Crippen molar-refractivity contribution in [2.75, 3.05) is 18.1 Å². The van der Waals surface area contributed by atoms with Gasteiger partial charge in [0.05, 0.1) is 6.61 Å². The van der Waals surface area contributed by atoms with E-state index in [4.69, 9.17) is 24.8 Å². The first kappa shape index (κ1) is 44.3. The van der Waals surface area contributed by atoms with Gasteiger partial charge in [0, 0.05) is 47.1 Å². The van der Waals surface area contributed by atoms with E-state index in [9.17, 15) is 19.2 Å². The van der Waals surface area contributed by atoms with Gasteiger partial charge in [0.1, 0.15) is 22.8 Å². The van der Waals surface area contributed by atoms with E-state index < -0.39 is 47.2 Å². The Morgan fingerprint density at radius 3 is 2.11 bits per heavy atom. The van der Waals surface area contributed by atoms with Crippen LogP contribution >= 0.6 is 23.1 Å². The summed E-state index contributed by atoms with van der Waals surface area (Å²) in [5.74, 6) is -1.82. The summed E-state index contributed by atoms with van der Waals surface area (Å²) in [5.41, 5.74) is 8.04. The van der Waals surface area contributed by atoms with Crippen LogP contribution in [0, 0.1) is 5.92 Å². The van der Waals surface area contributed by atoms with Crippen LogP contribution < -0.4 is 11.1 Å². The van der Waals surface area contributed by atoms with E-state index in [0.717, 1.165) is 46.4 Å². The van der Waals surface area contributed by atoms with Crippen LogP contribution in [0.25, 0.3) is 6.08 Å². The molecule has 0 spiro atoms. The number of thiazole rings is 1. The number of carbonyl (C=O) groups excluding carboxylic acids is 4. The highest BCUT2D eigenvalue weighted by molar-refractivity contribution is 8.00. The van der Waals surface area contributed by atoms with E-state index in [1.165, 1.54) is 23.6 Å². The predicted molar refractivity (Wildman–Crippen MR) is 241 cm³/mol. The van der Waals surface area contributed by atoms with E-state index in [2.05, 4.69) is 20.4 Å². The molecule has 3 N–H and O–H groups in total. The predicted octanol–water partition coefficient (Wildman–Crippen LogP) is 7.68. The van der Waals surface area contributed by atoms with Crippen LogP contribution in [0.1, 0.15) is 61.6 Å². The first-order valence-electron chi connectivity index (χ1n) is 20.4. The molecule has 1 saturated heterocycles. The average Bonchev–Trinajstić information content (AvgIpc) is 3.75. The molecule has 5 aromatic rings.